The van der Waals surface area contributed by atoms with Gasteiger partial charge >= 0.3 is 6.03 Å². The van der Waals surface area contributed by atoms with Gasteiger partial charge in [-0.3, -0.25) is 4.79 Å². The van der Waals surface area contributed by atoms with Crippen LogP contribution in [0.4, 0.5) is 10.5 Å². The number of anilines is 1. The molecule has 122 valence electrons. The van der Waals surface area contributed by atoms with Crippen LogP contribution in [0, 0.1) is 0 Å². The van der Waals surface area contributed by atoms with E-state index < -0.39 is 12.1 Å². The van der Waals surface area contributed by atoms with Crippen molar-refractivity contribution in [1.82, 2.24) is 10.6 Å². The first-order valence-corrected chi connectivity index (χ1v) is 7.65. The molecule has 0 fully saturated rings. The summed E-state index contributed by atoms with van der Waals surface area (Å²) in [5.74, 6) is 0.405. The van der Waals surface area contributed by atoms with Crippen LogP contribution in [0.3, 0.4) is 0 Å². The molecule has 0 unspecified atom stereocenters. The number of nitrogens with one attached hydrogen (secondary N) is 3. The molecule has 6 nitrogen and oxygen atoms in total. The number of para-hydroxylation sites is 2. The minimum Gasteiger partial charge on any atom is -0.491 e. The van der Waals surface area contributed by atoms with Gasteiger partial charge in [0, 0.05) is 6.54 Å². The quantitative estimate of drug-likeness (QED) is 0.646. The third kappa shape index (κ3) is 6.03. The molecular formula is C16H25N3O3. The second-order valence-electron chi connectivity index (χ2n) is 4.91. The Balaban J connectivity index is 2.58. The molecule has 0 saturated heterocycles. The van der Waals surface area contributed by atoms with Crippen LogP contribution in [0.2, 0.25) is 0 Å². The molecule has 0 radical (unpaired) electrons. The van der Waals surface area contributed by atoms with Gasteiger partial charge in [0.05, 0.1) is 12.3 Å². The Morgan fingerprint density at radius 1 is 1.23 bits per heavy atom. The third-order valence-electron chi connectivity index (χ3n) is 2.98. The van der Waals surface area contributed by atoms with Gasteiger partial charge in [-0.05, 0) is 32.4 Å². The van der Waals surface area contributed by atoms with Crippen molar-refractivity contribution in [3.8, 4) is 5.75 Å². The van der Waals surface area contributed by atoms with Gasteiger partial charge in [-0.25, -0.2) is 4.79 Å². The summed E-state index contributed by atoms with van der Waals surface area (Å²) in [5, 5.41) is 7.95. The van der Waals surface area contributed by atoms with Crippen molar-refractivity contribution in [2.24, 2.45) is 0 Å². The van der Waals surface area contributed by atoms with E-state index in [2.05, 4.69) is 22.9 Å². The maximum atomic E-state index is 12.0. The second-order valence-corrected chi connectivity index (χ2v) is 4.91. The van der Waals surface area contributed by atoms with Crippen LogP contribution in [0.25, 0.3) is 0 Å². The first-order chi connectivity index (χ1) is 10.6. The summed E-state index contributed by atoms with van der Waals surface area (Å²) in [4.78, 5) is 23.5. The topological polar surface area (TPSA) is 79.5 Å². The van der Waals surface area contributed by atoms with E-state index in [1.54, 1.807) is 19.1 Å². The minimum absolute atomic E-state index is 0.217. The maximum absolute atomic E-state index is 12.0. The molecule has 0 aromatic heterocycles. The first kappa shape index (κ1) is 17.8. The lowest BCUT2D eigenvalue weighted by atomic mass is 10.3. The summed E-state index contributed by atoms with van der Waals surface area (Å²) >= 11 is 0. The van der Waals surface area contributed by atoms with Crippen LogP contribution in [0.15, 0.2) is 24.3 Å². The van der Waals surface area contributed by atoms with E-state index in [-0.39, 0.29) is 5.91 Å². The van der Waals surface area contributed by atoms with E-state index in [1.807, 2.05) is 19.1 Å². The highest BCUT2D eigenvalue weighted by atomic mass is 16.5. The third-order valence-corrected chi connectivity index (χ3v) is 2.98. The molecule has 0 aliphatic carbocycles. The molecule has 0 aliphatic rings. The largest absolute Gasteiger partial charge is 0.491 e. The monoisotopic (exact) mass is 307 g/mol. The fourth-order valence-corrected chi connectivity index (χ4v) is 1.77. The lowest BCUT2D eigenvalue weighted by Gasteiger charge is -2.16. The molecule has 0 aliphatic heterocycles. The Morgan fingerprint density at radius 3 is 2.64 bits per heavy atom. The van der Waals surface area contributed by atoms with E-state index in [4.69, 9.17) is 4.74 Å². The maximum Gasteiger partial charge on any atom is 0.319 e. The molecule has 1 aromatic carbocycles. The number of hydrogen-bond donors (Lipinski definition) is 3. The number of carbonyl (C=O) groups excluding carboxylic acids is 2. The SMILES string of the molecule is CCCCOc1ccccc1NC(=O)N[C@@H](C)C(=O)NCC. The van der Waals surface area contributed by atoms with E-state index in [0.29, 0.717) is 24.6 Å². The number of benzene rings is 1. The van der Waals surface area contributed by atoms with Gasteiger partial charge < -0.3 is 20.7 Å². The normalized spacial score (nSPS) is 11.4. The number of rotatable bonds is 8. The number of unbranched alkanes of at least 4 members (excludes halogenated alkanes) is 1. The molecular weight excluding hydrogens is 282 g/mol. The zero-order valence-electron chi connectivity index (χ0n) is 13.4. The molecule has 3 N–H and O–H groups in total. The standard InChI is InChI=1S/C16H25N3O3/c1-4-6-11-22-14-10-8-7-9-13(14)19-16(21)18-12(3)15(20)17-5-2/h7-10,12H,4-6,11H2,1-3H3,(H,17,20)(H2,18,19,21)/t12-/m0/s1. The number of ether oxygens (including phenoxy) is 1. The summed E-state index contributed by atoms with van der Waals surface area (Å²) in [7, 11) is 0. The summed E-state index contributed by atoms with van der Waals surface area (Å²) in [6.07, 6.45) is 1.99. The van der Waals surface area contributed by atoms with Crippen molar-refractivity contribution in [1.29, 1.82) is 0 Å². The van der Waals surface area contributed by atoms with Crippen molar-refractivity contribution in [3.63, 3.8) is 0 Å². The Labute approximate surface area is 131 Å². The lowest BCUT2D eigenvalue weighted by molar-refractivity contribution is -0.122. The van der Waals surface area contributed by atoms with Gasteiger partial charge in [0.2, 0.25) is 5.91 Å². The molecule has 0 spiro atoms. The summed E-state index contributed by atoms with van der Waals surface area (Å²) < 4.78 is 5.65. The lowest BCUT2D eigenvalue weighted by Crippen LogP contribution is -2.46. The molecule has 22 heavy (non-hydrogen) atoms. The van der Waals surface area contributed by atoms with Crippen LogP contribution in [-0.4, -0.2) is 31.1 Å². The highest BCUT2D eigenvalue weighted by Gasteiger charge is 2.15. The van der Waals surface area contributed by atoms with Gasteiger partial charge in [0.15, 0.2) is 0 Å². The predicted octanol–water partition coefficient (Wildman–Crippen LogP) is 2.51. The van der Waals surface area contributed by atoms with Crippen LogP contribution in [0.5, 0.6) is 5.75 Å². The number of urea groups is 1. The zero-order chi connectivity index (χ0) is 16.4. The fourth-order valence-electron chi connectivity index (χ4n) is 1.77. The minimum atomic E-state index is -0.604. The Hall–Kier alpha value is -2.24. The molecule has 1 aromatic rings. The Bertz CT molecular complexity index is 491. The smallest absolute Gasteiger partial charge is 0.319 e. The first-order valence-electron chi connectivity index (χ1n) is 7.65. The van der Waals surface area contributed by atoms with Gasteiger partial charge in [0.25, 0.3) is 0 Å². The van der Waals surface area contributed by atoms with Crippen molar-refractivity contribution in [2.75, 3.05) is 18.5 Å². The van der Waals surface area contributed by atoms with Crippen molar-refractivity contribution < 1.29 is 14.3 Å². The van der Waals surface area contributed by atoms with Crippen LogP contribution in [0.1, 0.15) is 33.6 Å². The number of likely N-dealkylation sites (N-methyl/N-ethyl adjacent to an activating group) is 1. The molecule has 1 atom stereocenters. The average Bonchev–Trinajstić information content (AvgIpc) is 2.49. The molecule has 0 bridgehead atoms. The van der Waals surface area contributed by atoms with Gasteiger partial charge in [-0.15, -0.1) is 0 Å². The van der Waals surface area contributed by atoms with Gasteiger partial charge in [-0.1, -0.05) is 25.5 Å². The van der Waals surface area contributed by atoms with Gasteiger partial charge in [0.1, 0.15) is 11.8 Å². The molecule has 6 heteroatoms. The van der Waals surface area contributed by atoms with E-state index in [0.717, 1.165) is 12.8 Å². The molecule has 0 heterocycles. The van der Waals surface area contributed by atoms with E-state index in [1.165, 1.54) is 0 Å². The predicted molar refractivity (Wildman–Crippen MR) is 87.1 cm³/mol. The van der Waals surface area contributed by atoms with E-state index >= 15 is 0 Å². The average molecular weight is 307 g/mol. The van der Waals surface area contributed by atoms with Crippen LogP contribution in [-0.2, 0) is 4.79 Å². The zero-order valence-corrected chi connectivity index (χ0v) is 13.4. The summed E-state index contributed by atoms with van der Waals surface area (Å²) in [5.41, 5.74) is 0.583. The molecule has 1 rings (SSSR count). The van der Waals surface area contributed by atoms with Gasteiger partial charge in [-0.2, -0.15) is 0 Å². The summed E-state index contributed by atoms with van der Waals surface area (Å²) in [6, 6.07) is 6.19. The van der Waals surface area contributed by atoms with Crippen LogP contribution >= 0.6 is 0 Å². The molecule has 3 amide bonds. The highest BCUT2D eigenvalue weighted by Crippen LogP contribution is 2.23. The Morgan fingerprint density at radius 2 is 1.95 bits per heavy atom. The second kappa shape index (κ2) is 9.65. The number of amides is 3. The van der Waals surface area contributed by atoms with Crippen molar-refractivity contribution in [2.45, 2.75) is 39.7 Å². The fraction of sp³-hybridized carbons (Fsp3) is 0.500. The van der Waals surface area contributed by atoms with Crippen molar-refractivity contribution >= 4 is 17.6 Å². The summed E-state index contributed by atoms with van der Waals surface area (Å²) in [6.45, 7) is 6.68. The van der Waals surface area contributed by atoms with Crippen LogP contribution < -0.4 is 20.7 Å². The Kier molecular flexibility index (Phi) is 7.81. The molecule has 0 saturated carbocycles. The number of carbonyl (C=O) groups is 2. The highest BCUT2D eigenvalue weighted by molar-refractivity contribution is 5.94. The van der Waals surface area contributed by atoms with E-state index in [9.17, 15) is 9.59 Å². The number of hydrogen-bond acceptors (Lipinski definition) is 3. The van der Waals surface area contributed by atoms with Crippen molar-refractivity contribution in [3.05, 3.63) is 24.3 Å².